The number of rotatable bonds is 3. The van der Waals surface area contributed by atoms with Crippen LogP contribution in [0.15, 0.2) is 0 Å². The van der Waals surface area contributed by atoms with Crippen LogP contribution in [0.4, 0.5) is 0 Å². The van der Waals surface area contributed by atoms with Crippen LogP contribution >= 0.6 is 21.3 Å². The Labute approximate surface area is 95.5 Å². The van der Waals surface area contributed by atoms with Gasteiger partial charge in [-0.15, -0.1) is 0 Å². The fraction of sp³-hybridized carbons (Fsp3) is 0.500. The van der Waals surface area contributed by atoms with Gasteiger partial charge in [0.15, 0.2) is 12.2 Å². The van der Waals surface area contributed by atoms with Crippen LogP contribution in [-0.4, -0.2) is 59.3 Å². The van der Waals surface area contributed by atoms with E-state index in [1.165, 1.54) is 0 Å². The molecule has 12 heteroatoms. The van der Waals surface area contributed by atoms with E-state index < -0.39 is 32.0 Å². The Hall–Kier alpha value is -0.680. The normalized spacial score (nSPS) is 13.6. The molecule has 0 aliphatic carbocycles. The Morgan fingerprint density at radius 2 is 1.00 bits per heavy atom. The molecule has 0 aliphatic heterocycles. The van der Waals surface area contributed by atoms with Gasteiger partial charge in [0.2, 0.25) is 0 Å². The summed E-state index contributed by atoms with van der Waals surface area (Å²) in [6, 6.07) is 0. The zero-order chi connectivity index (χ0) is 12.8. The molecule has 0 rings (SSSR count). The maximum Gasteiger partial charge on any atom is 0.466 e. The van der Waals surface area contributed by atoms with E-state index in [9.17, 15) is 9.59 Å². The molecular formula is C4H11O10PS. The molecule has 2 unspecified atom stereocenters. The van der Waals surface area contributed by atoms with Crippen LogP contribution in [0.1, 0.15) is 0 Å². The summed E-state index contributed by atoms with van der Waals surface area (Å²) in [5.74, 6) is -3.54. The quantitative estimate of drug-likeness (QED) is 0.263. The van der Waals surface area contributed by atoms with Gasteiger partial charge in [-0.1, -0.05) is 0 Å². The van der Waals surface area contributed by atoms with Crippen molar-refractivity contribution in [1.82, 2.24) is 0 Å². The van der Waals surface area contributed by atoms with E-state index in [1.807, 2.05) is 0 Å². The molecular weight excluding hydrogens is 271 g/mol. The summed E-state index contributed by atoms with van der Waals surface area (Å²) in [5, 5.41) is 32.5. The predicted octanol–water partition coefficient (Wildman–Crippen LogP) is -2.94. The fourth-order valence-electron chi connectivity index (χ4n) is 0.270. The smallest absolute Gasteiger partial charge is 0.466 e. The lowest BCUT2D eigenvalue weighted by Gasteiger charge is -2.07. The molecule has 0 aliphatic rings. The van der Waals surface area contributed by atoms with E-state index >= 15 is 0 Å². The number of hydrogen-bond donors (Lipinski definition) is 7. The maximum atomic E-state index is 9.77. The standard InChI is InChI=1S/C4H6O6.H3O4P.H2S/c5-1(3(7)8)2(6)4(9)10;1-5(2,3)4;/h1-2,5-6H,(H,7,8)(H,9,10);(H3,1,2,3,4);1H2. The second-order valence-corrected chi connectivity index (χ2v) is 3.11. The minimum atomic E-state index is -4.64. The zero-order valence-corrected chi connectivity index (χ0v) is 9.35. The second-order valence-electron chi connectivity index (χ2n) is 2.08. The maximum absolute atomic E-state index is 9.77. The molecule has 10 nitrogen and oxygen atoms in total. The molecule has 0 aromatic carbocycles. The highest BCUT2D eigenvalue weighted by Crippen LogP contribution is 2.25. The first-order valence-corrected chi connectivity index (χ1v) is 4.63. The van der Waals surface area contributed by atoms with Crippen LogP contribution in [-0.2, 0) is 14.2 Å². The van der Waals surface area contributed by atoms with Crippen molar-refractivity contribution in [2.45, 2.75) is 12.2 Å². The van der Waals surface area contributed by atoms with Gasteiger partial charge in [0, 0.05) is 0 Å². The van der Waals surface area contributed by atoms with Crippen molar-refractivity contribution in [1.29, 1.82) is 0 Å². The van der Waals surface area contributed by atoms with E-state index in [0.29, 0.717) is 0 Å². The van der Waals surface area contributed by atoms with Crippen molar-refractivity contribution in [3.05, 3.63) is 0 Å². The lowest BCUT2D eigenvalue weighted by Crippen LogP contribution is -2.39. The summed E-state index contributed by atoms with van der Waals surface area (Å²) in [6.45, 7) is 0. The van der Waals surface area contributed by atoms with Crippen LogP contribution in [0.5, 0.6) is 0 Å². The third-order valence-electron chi connectivity index (χ3n) is 0.805. The molecule has 0 amide bonds. The number of aliphatic carboxylic acids is 2. The van der Waals surface area contributed by atoms with Gasteiger partial charge in [-0.05, 0) is 0 Å². The number of aliphatic hydroxyl groups is 2. The van der Waals surface area contributed by atoms with Crippen LogP contribution in [0.2, 0.25) is 0 Å². The molecule has 2 atom stereocenters. The first kappa shape index (κ1) is 20.7. The summed E-state index contributed by atoms with van der Waals surface area (Å²) in [7, 11) is -4.64. The Morgan fingerprint density at radius 3 is 1.06 bits per heavy atom. The van der Waals surface area contributed by atoms with Gasteiger partial charge in [0.25, 0.3) is 0 Å². The van der Waals surface area contributed by atoms with Crippen molar-refractivity contribution in [3.8, 4) is 0 Å². The van der Waals surface area contributed by atoms with Crippen molar-refractivity contribution in [2.75, 3.05) is 0 Å². The van der Waals surface area contributed by atoms with Gasteiger partial charge in [-0.3, -0.25) is 0 Å². The molecule has 0 aromatic rings. The first-order valence-electron chi connectivity index (χ1n) is 3.07. The van der Waals surface area contributed by atoms with Crippen molar-refractivity contribution < 1.29 is 49.3 Å². The summed E-state index contributed by atoms with van der Waals surface area (Å²) >= 11 is 0. The van der Waals surface area contributed by atoms with Crippen LogP contribution in [0, 0.1) is 0 Å². The topological polar surface area (TPSA) is 193 Å². The van der Waals surface area contributed by atoms with Crippen molar-refractivity contribution in [3.63, 3.8) is 0 Å². The molecule has 16 heavy (non-hydrogen) atoms. The molecule has 7 N–H and O–H groups in total. The monoisotopic (exact) mass is 282 g/mol. The van der Waals surface area contributed by atoms with Gasteiger partial charge >= 0.3 is 19.8 Å². The predicted molar refractivity (Wildman–Crippen MR) is 51.9 cm³/mol. The number of carbonyl (C=O) groups is 2. The second kappa shape index (κ2) is 8.47. The van der Waals surface area contributed by atoms with E-state index in [0.717, 1.165) is 0 Å². The highest BCUT2D eigenvalue weighted by Gasteiger charge is 2.29. The average Bonchev–Trinajstić information content (AvgIpc) is 1.98. The Bertz CT molecular complexity index is 246. The van der Waals surface area contributed by atoms with Crippen LogP contribution in [0.25, 0.3) is 0 Å². The summed E-state index contributed by atoms with van der Waals surface area (Å²) in [4.78, 5) is 41.1. The summed E-state index contributed by atoms with van der Waals surface area (Å²) in [5.41, 5.74) is 0. The van der Waals surface area contributed by atoms with Crippen molar-refractivity contribution >= 4 is 33.3 Å². The van der Waals surface area contributed by atoms with Gasteiger partial charge in [0.05, 0.1) is 0 Å². The average molecular weight is 282 g/mol. The first-order chi connectivity index (χ1) is 6.46. The Kier molecular flexibility index (Phi) is 11.0. The summed E-state index contributed by atoms with van der Waals surface area (Å²) < 4.78 is 8.88. The van der Waals surface area contributed by atoms with E-state index in [-0.39, 0.29) is 13.5 Å². The minimum Gasteiger partial charge on any atom is -0.479 e. The lowest BCUT2D eigenvalue weighted by atomic mass is 10.2. The summed E-state index contributed by atoms with van der Waals surface area (Å²) in [6.07, 6.45) is -4.53. The molecule has 98 valence electrons. The van der Waals surface area contributed by atoms with E-state index in [2.05, 4.69) is 0 Å². The van der Waals surface area contributed by atoms with Crippen molar-refractivity contribution in [2.24, 2.45) is 0 Å². The Balaban J connectivity index is -0.000000242. The zero-order valence-electron chi connectivity index (χ0n) is 7.46. The highest BCUT2D eigenvalue weighted by atomic mass is 32.1. The molecule has 0 saturated carbocycles. The number of carboxylic acids is 2. The lowest BCUT2D eigenvalue weighted by molar-refractivity contribution is -0.165. The van der Waals surface area contributed by atoms with Gasteiger partial charge < -0.3 is 35.1 Å². The molecule has 0 bridgehead atoms. The van der Waals surface area contributed by atoms with Crippen LogP contribution < -0.4 is 0 Å². The van der Waals surface area contributed by atoms with E-state index in [1.54, 1.807) is 0 Å². The largest absolute Gasteiger partial charge is 0.479 e. The molecule has 0 heterocycles. The Morgan fingerprint density at radius 1 is 0.875 bits per heavy atom. The third kappa shape index (κ3) is 15.8. The number of phosphoric acid groups is 1. The van der Waals surface area contributed by atoms with E-state index in [4.69, 9.17) is 39.7 Å². The molecule has 0 fully saturated rings. The van der Waals surface area contributed by atoms with Gasteiger partial charge in [-0.2, -0.15) is 13.5 Å². The van der Waals surface area contributed by atoms with Gasteiger partial charge in [-0.25, -0.2) is 14.2 Å². The van der Waals surface area contributed by atoms with Crippen LogP contribution in [0.3, 0.4) is 0 Å². The fourth-order valence-corrected chi connectivity index (χ4v) is 0.270. The minimum absolute atomic E-state index is 0. The third-order valence-corrected chi connectivity index (χ3v) is 0.805. The molecule has 0 saturated heterocycles. The highest BCUT2D eigenvalue weighted by molar-refractivity contribution is 7.59. The molecule has 0 aromatic heterocycles. The van der Waals surface area contributed by atoms with Gasteiger partial charge in [0.1, 0.15) is 0 Å². The number of aliphatic hydroxyl groups excluding tert-OH is 2. The molecule has 0 radical (unpaired) electrons. The SMILES string of the molecule is O=C(O)C(O)C(O)C(=O)O.O=P(O)(O)O.S. The molecule has 0 spiro atoms. The number of hydrogen-bond acceptors (Lipinski definition) is 5. The number of carboxylic acid groups (broad SMARTS) is 2.